The predicted molar refractivity (Wildman–Crippen MR) is 63.7 cm³/mol. The quantitative estimate of drug-likeness (QED) is 0.848. The van der Waals surface area contributed by atoms with Crippen LogP contribution in [-0.4, -0.2) is 35.9 Å². The van der Waals surface area contributed by atoms with Gasteiger partial charge in [-0.15, -0.1) is 0 Å². The molecule has 2 atom stereocenters. The summed E-state index contributed by atoms with van der Waals surface area (Å²) >= 11 is 0. The van der Waals surface area contributed by atoms with Gasteiger partial charge in [0.1, 0.15) is 11.4 Å². The maximum Gasteiger partial charge on any atom is 0.251 e. The number of aliphatic hydroxyl groups is 1. The summed E-state index contributed by atoms with van der Waals surface area (Å²) < 4.78 is 18.2. The van der Waals surface area contributed by atoms with Gasteiger partial charge in [0.2, 0.25) is 0 Å². The maximum absolute atomic E-state index is 13.0. The molecule has 1 heterocycles. The second-order valence-electron chi connectivity index (χ2n) is 4.56. The smallest absolute Gasteiger partial charge is 0.251 e. The second-order valence-corrected chi connectivity index (χ2v) is 4.56. The molecular formula is C13H16FNO3. The highest BCUT2D eigenvalue weighted by Crippen LogP contribution is 2.24. The Kier molecular flexibility index (Phi) is 3.63. The topological polar surface area (TPSA) is 58.6 Å². The van der Waals surface area contributed by atoms with Crippen molar-refractivity contribution >= 4 is 5.91 Å². The van der Waals surface area contributed by atoms with Crippen molar-refractivity contribution in [1.29, 1.82) is 0 Å². The standard InChI is InChI=1S/C13H16FNO3/c1-9-13(17,5-6-18-9)8-15-12(16)10-3-2-4-11(14)7-10/h2-4,7,9,17H,5-6,8H2,1H3,(H,15,16). The van der Waals surface area contributed by atoms with Gasteiger partial charge in [0.05, 0.1) is 6.10 Å². The maximum atomic E-state index is 13.0. The van der Waals surface area contributed by atoms with Crippen molar-refractivity contribution < 1.29 is 19.0 Å². The molecule has 1 aromatic carbocycles. The van der Waals surface area contributed by atoms with Gasteiger partial charge in [-0.25, -0.2) is 4.39 Å². The first kappa shape index (κ1) is 13.0. The van der Waals surface area contributed by atoms with E-state index in [1.54, 1.807) is 6.92 Å². The van der Waals surface area contributed by atoms with Crippen LogP contribution in [0.5, 0.6) is 0 Å². The Hall–Kier alpha value is -1.46. The number of carbonyl (C=O) groups excluding carboxylic acids is 1. The molecule has 2 rings (SSSR count). The number of hydrogen-bond donors (Lipinski definition) is 2. The van der Waals surface area contributed by atoms with Crippen molar-refractivity contribution in [3.63, 3.8) is 0 Å². The van der Waals surface area contributed by atoms with Crippen LogP contribution in [0.4, 0.5) is 4.39 Å². The van der Waals surface area contributed by atoms with Crippen molar-refractivity contribution in [2.45, 2.75) is 25.0 Å². The molecule has 1 fully saturated rings. The van der Waals surface area contributed by atoms with Gasteiger partial charge in [-0.1, -0.05) is 6.07 Å². The molecule has 0 aromatic heterocycles. The lowest BCUT2D eigenvalue weighted by Gasteiger charge is -2.26. The lowest BCUT2D eigenvalue weighted by molar-refractivity contribution is -0.0251. The van der Waals surface area contributed by atoms with Crippen molar-refractivity contribution in [1.82, 2.24) is 5.32 Å². The minimum absolute atomic E-state index is 0.101. The molecule has 1 amide bonds. The molecule has 0 spiro atoms. The van der Waals surface area contributed by atoms with Gasteiger partial charge in [-0.05, 0) is 25.1 Å². The highest BCUT2D eigenvalue weighted by Gasteiger charge is 2.39. The molecule has 2 N–H and O–H groups in total. The Morgan fingerprint density at radius 2 is 2.44 bits per heavy atom. The van der Waals surface area contributed by atoms with Gasteiger partial charge < -0.3 is 15.2 Å². The average molecular weight is 253 g/mol. The summed E-state index contributed by atoms with van der Waals surface area (Å²) in [6, 6.07) is 5.43. The summed E-state index contributed by atoms with van der Waals surface area (Å²) in [7, 11) is 0. The zero-order chi connectivity index (χ0) is 13.2. The lowest BCUT2D eigenvalue weighted by atomic mass is 9.96. The Morgan fingerprint density at radius 3 is 3.06 bits per heavy atom. The normalized spacial score (nSPS) is 27.2. The van der Waals surface area contributed by atoms with Crippen LogP contribution in [0.2, 0.25) is 0 Å². The third-order valence-electron chi connectivity index (χ3n) is 3.30. The van der Waals surface area contributed by atoms with Crippen molar-refractivity contribution in [2.24, 2.45) is 0 Å². The number of benzene rings is 1. The van der Waals surface area contributed by atoms with Gasteiger partial charge in [-0.2, -0.15) is 0 Å². The highest BCUT2D eigenvalue weighted by molar-refractivity contribution is 5.94. The zero-order valence-electron chi connectivity index (χ0n) is 10.1. The van der Waals surface area contributed by atoms with E-state index in [1.165, 1.54) is 18.2 Å². The largest absolute Gasteiger partial charge is 0.385 e. The van der Waals surface area contributed by atoms with Crippen molar-refractivity contribution in [3.05, 3.63) is 35.6 Å². The van der Waals surface area contributed by atoms with Gasteiger partial charge in [0, 0.05) is 25.1 Å². The van der Waals surface area contributed by atoms with Gasteiger partial charge >= 0.3 is 0 Å². The van der Waals surface area contributed by atoms with Gasteiger partial charge in [-0.3, -0.25) is 4.79 Å². The van der Waals surface area contributed by atoms with E-state index >= 15 is 0 Å². The number of ether oxygens (including phenoxy) is 1. The molecular weight excluding hydrogens is 237 g/mol. The molecule has 1 saturated heterocycles. The molecule has 98 valence electrons. The second kappa shape index (κ2) is 5.04. The van der Waals surface area contributed by atoms with Gasteiger partial charge in [0.15, 0.2) is 0 Å². The molecule has 0 aliphatic carbocycles. The molecule has 5 heteroatoms. The Labute approximate surface area is 105 Å². The minimum Gasteiger partial charge on any atom is -0.385 e. The lowest BCUT2D eigenvalue weighted by Crippen LogP contribution is -2.47. The first-order valence-corrected chi connectivity index (χ1v) is 5.89. The molecule has 0 bridgehead atoms. The fourth-order valence-electron chi connectivity index (χ4n) is 1.97. The summed E-state index contributed by atoms with van der Waals surface area (Å²) in [5.74, 6) is -0.860. The Morgan fingerprint density at radius 1 is 1.67 bits per heavy atom. The highest BCUT2D eigenvalue weighted by atomic mass is 19.1. The van der Waals surface area contributed by atoms with Crippen molar-refractivity contribution in [2.75, 3.05) is 13.2 Å². The summed E-state index contributed by atoms with van der Waals surface area (Å²) in [5, 5.41) is 12.8. The summed E-state index contributed by atoms with van der Waals surface area (Å²) in [5.41, 5.74) is -0.798. The molecule has 4 nitrogen and oxygen atoms in total. The molecule has 0 radical (unpaired) electrons. The van der Waals surface area contributed by atoms with Crippen molar-refractivity contribution in [3.8, 4) is 0 Å². The monoisotopic (exact) mass is 253 g/mol. The molecule has 1 aromatic rings. The first-order chi connectivity index (χ1) is 8.51. The third-order valence-corrected chi connectivity index (χ3v) is 3.30. The van der Waals surface area contributed by atoms with Crippen LogP contribution in [0.25, 0.3) is 0 Å². The van der Waals surface area contributed by atoms with Crippen LogP contribution in [-0.2, 0) is 4.74 Å². The first-order valence-electron chi connectivity index (χ1n) is 5.89. The fraction of sp³-hybridized carbons (Fsp3) is 0.462. The van der Waals surface area contributed by atoms with Crippen LogP contribution in [0.1, 0.15) is 23.7 Å². The number of hydrogen-bond acceptors (Lipinski definition) is 3. The Balaban J connectivity index is 1.96. The van der Waals surface area contributed by atoms with E-state index in [2.05, 4.69) is 5.32 Å². The minimum atomic E-state index is -1.04. The molecule has 2 unspecified atom stereocenters. The average Bonchev–Trinajstić information content (AvgIpc) is 2.67. The van der Waals surface area contributed by atoms with E-state index in [1.807, 2.05) is 0 Å². The summed E-state index contributed by atoms with van der Waals surface area (Å²) in [6.07, 6.45) is 0.169. The van der Waals surface area contributed by atoms with E-state index in [0.717, 1.165) is 6.07 Å². The van der Waals surface area contributed by atoms with Crippen LogP contribution in [0, 0.1) is 5.82 Å². The summed E-state index contributed by atoms with van der Waals surface area (Å²) in [4.78, 5) is 11.8. The fourth-order valence-corrected chi connectivity index (χ4v) is 1.97. The summed E-state index contributed by atoms with van der Waals surface area (Å²) in [6.45, 7) is 2.35. The third kappa shape index (κ3) is 2.68. The van der Waals surface area contributed by atoms with E-state index < -0.39 is 17.3 Å². The van der Waals surface area contributed by atoms with Crippen LogP contribution >= 0.6 is 0 Å². The van der Waals surface area contributed by atoms with E-state index in [9.17, 15) is 14.3 Å². The number of carbonyl (C=O) groups is 1. The predicted octanol–water partition coefficient (Wildman–Crippen LogP) is 1.10. The number of amides is 1. The van der Waals surface area contributed by atoms with E-state index in [0.29, 0.717) is 13.0 Å². The van der Waals surface area contributed by atoms with Gasteiger partial charge in [0.25, 0.3) is 5.91 Å². The SMILES string of the molecule is CC1OCCC1(O)CNC(=O)c1cccc(F)c1. The van der Waals surface area contributed by atoms with E-state index in [4.69, 9.17) is 4.74 Å². The molecule has 1 aliphatic rings. The van der Waals surface area contributed by atoms with Crippen LogP contribution < -0.4 is 5.32 Å². The molecule has 18 heavy (non-hydrogen) atoms. The Bertz CT molecular complexity index is 452. The molecule has 0 saturated carbocycles. The number of halogens is 1. The number of rotatable bonds is 3. The van der Waals surface area contributed by atoms with Crippen LogP contribution in [0.15, 0.2) is 24.3 Å². The zero-order valence-corrected chi connectivity index (χ0v) is 10.1. The van der Waals surface area contributed by atoms with Crippen LogP contribution in [0.3, 0.4) is 0 Å². The van der Waals surface area contributed by atoms with E-state index in [-0.39, 0.29) is 18.2 Å². The molecule has 1 aliphatic heterocycles. The number of nitrogens with one attached hydrogen (secondary N) is 1.